The van der Waals surface area contributed by atoms with Crippen molar-refractivity contribution in [2.24, 2.45) is 0 Å². The Kier molecular flexibility index (Phi) is 3.56. The Balaban J connectivity index is 2.12. The fourth-order valence-electron chi connectivity index (χ4n) is 1.97. The van der Waals surface area contributed by atoms with Gasteiger partial charge in [0.1, 0.15) is 5.82 Å². The summed E-state index contributed by atoms with van der Waals surface area (Å²) in [7, 11) is 0. The molecule has 0 aliphatic carbocycles. The van der Waals surface area contributed by atoms with Crippen molar-refractivity contribution in [2.45, 2.75) is 13.0 Å². The van der Waals surface area contributed by atoms with Crippen LogP contribution in [0.5, 0.6) is 0 Å². The van der Waals surface area contributed by atoms with Gasteiger partial charge < -0.3 is 10.1 Å². The van der Waals surface area contributed by atoms with E-state index >= 15 is 0 Å². The van der Waals surface area contributed by atoms with Crippen molar-refractivity contribution in [2.75, 3.05) is 0 Å². The van der Waals surface area contributed by atoms with E-state index in [-0.39, 0.29) is 0 Å². The molecule has 20 heavy (non-hydrogen) atoms. The molecule has 0 radical (unpaired) electrons. The predicted octanol–water partition coefficient (Wildman–Crippen LogP) is 3.91. The molecule has 0 fully saturated rings. The van der Waals surface area contributed by atoms with Crippen LogP contribution in [0.25, 0.3) is 22.0 Å². The number of aliphatic hydroxyl groups is 1. The van der Waals surface area contributed by atoms with Crippen LogP contribution in [0.15, 0.2) is 36.7 Å². The predicted molar refractivity (Wildman–Crippen MR) is 80.8 cm³/mol. The number of hydrogen-bond donors (Lipinski definition) is 2. The first-order chi connectivity index (χ1) is 9.65. The normalized spacial score (nSPS) is 12.6. The van der Waals surface area contributed by atoms with Gasteiger partial charge in [-0.3, -0.25) is 4.98 Å². The summed E-state index contributed by atoms with van der Waals surface area (Å²) in [6.45, 7) is 1.71. The summed E-state index contributed by atoms with van der Waals surface area (Å²) in [5.41, 5.74) is 2.26. The smallest absolute Gasteiger partial charge is 0.148 e. The van der Waals surface area contributed by atoms with E-state index in [1.165, 1.54) is 11.3 Å². The van der Waals surface area contributed by atoms with Gasteiger partial charge in [-0.25, -0.2) is 4.98 Å². The van der Waals surface area contributed by atoms with Crippen molar-refractivity contribution in [3.05, 3.63) is 46.7 Å². The fourth-order valence-corrected chi connectivity index (χ4v) is 2.96. The minimum atomic E-state index is -0.637. The summed E-state index contributed by atoms with van der Waals surface area (Å²) in [5, 5.41) is 9.92. The zero-order valence-corrected chi connectivity index (χ0v) is 12.2. The van der Waals surface area contributed by atoms with Gasteiger partial charge in [-0.2, -0.15) is 0 Å². The van der Waals surface area contributed by atoms with E-state index in [4.69, 9.17) is 11.6 Å². The van der Waals surface area contributed by atoms with Gasteiger partial charge in [-0.1, -0.05) is 11.6 Å². The Hall–Kier alpha value is -1.69. The number of pyridine rings is 1. The Morgan fingerprint density at radius 1 is 1.35 bits per heavy atom. The highest BCUT2D eigenvalue weighted by Crippen LogP contribution is 2.33. The van der Waals surface area contributed by atoms with E-state index in [0.29, 0.717) is 21.5 Å². The number of halogens is 1. The van der Waals surface area contributed by atoms with Gasteiger partial charge in [0.15, 0.2) is 0 Å². The van der Waals surface area contributed by atoms with E-state index in [9.17, 15) is 5.11 Å². The number of H-pyrrole nitrogens is 1. The second-order valence-corrected chi connectivity index (χ2v) is 6.08. The molecule has 0 saturated heterocycles. The Labute approximate surface area is 125 Å². The third-order valence-corrected chi connectivity index (χ3v) is 4.13. The summed E-state index contributed by atoms with van der Waals surface area (Å²) in [6, 6.07) is 7.50. The minimum Gasteiger partial charge on any atom is -0.387 e. The number of aromatic amines is 1. The molecule has 0 aliphatic heterocycles. The van der Waals surface area contributed by atoms with Crippen molar-refractivity contribution >= 4 is 22.9 Å². The van der Waals surface area contributed by atoms with Gasteiger partial charge in [0.25, 0.3) is 0 Å². The summed E-state index contributed by atoms with van der Waals surface area (Å²) < 4.78 is 0.706. The van der Waals surface area contributed by atoms with Crippen LogP contribution in [0, 0.1) is 0 Å². The molecule has 1 unspecified atom stereocenters. The lowest BCUT2D eigenvalue weighted by molar-refractivity contribution is 0.195. The summed E-state index contributed by atoms with van der Waals surface area (Å²) in [6.07, 6.45) is 2.80. The standard InChI is InChI=1S/C14H12ClN3OS/c1-8(19)12-13(9-3-2-6-16-7-9)18-14(17-12)10-4-5-11(15)20-10/h2-8,19H,1H3,(H,17,18). The van der Waals surface area contributed by atoms with Crippen LogP contribution in [-0.2, 0) is 0 Å². The van der Waals surface area contributed by atoms with Gasteiger partial charge in [-0.05, 0) is 31.2 Å². The van der Waals surface area contributed by atoms with E-state index in [2.05, 4.69) is 15.0 Å². The first-order valence-electron chi connectivity index (χ1n) is 6.09. The molecule has 6 heteroatoms. The molecule has 1 atom stereocenters. The maximum Gasteiger partial charge on any atom is 0.148 e. The van der Waals surface area contributed by atoms with E-state index in [1.54, 1.807) is 19.3 Å². The Bertz CT molecular complexity index is 721. The molecule has 0 saturated carbocycles. The minimum absolute atomic E-state index is 0.637. The summed E-state index contributed by atoms with van der Waals surface area (Å²) in [4.78, 5) is 12.8. The van der Waals surface area contributed by atoms with Gasteiger partial charge in [0.2, 0.25) is 0 Å². The van der Waals surface area contributed by atoms with E-state index in [1.807, 2.05) is 24.3 Å². The number of aromatic nitrogens is 3. The van der Waals surface area contributed by atoms with Gasteiger partial charge >= 0.3 is 0 Å². The van der Waals surface area contributed by atoms with E-state index in [0.717, 1.165) is 10.4 Å². The van der Waals surface area contributed by atoms with Crippen molar-refractivity contribution < 1.29 is 5.11 Å². The van der Waals surface area contributed by atoms with Gasteiger partial charge in [-0.15, -0.1) is 11.3 Å². The van der Waals surface area contributed by atoms with Crippen LogP contribution in [0.1, 0.15) is 18.7 Å². The molecule has 0 aliphatic rings. The van der Waals surface area contributed by atoms with Crippen molar-refractivity contribution in [1.29, 1.82) is 0 Å². The molecule has 2 N–H and O–H groups in total. The number of rotatable bonds is 3. The average molecular weight is 306 g/mol. The lowest BCUT2D eigenvalue weighted by Crippen LogP contribution is -1.94. The molecule has 0 aromatic carbocycles. The number of nitrogens with one attached hydrogen (secondary N) is 1. The first-order valence-corrected chi connectivity index (χ1v) is 7.28. The van der Waals surface area contributed by atoms with Gasteiger partial charge in [0.05, 0.1) is 26.7 Å². The Morgan fingerprint density at radius 2 is 2.20 bits per heavy atom. The first kappa shape index (κ1) is 13.3. The number of hydrogen-bond acceptors (Lipinski definition) is 4. The zero-order valence-electron chi connectivity index (χ0n) is 10.7. The SMILES string of the molecule is CC(O)c1[nH]c(-c2ccc(Cl)s2)nc1-c1cccnc1. The van der Waals surface area contributed by atoms with Crippen LogP contribution < -0.4 is 0 Å². The molecule has 3 aromatic heterocycles. The lowest BCUT2D eigenvalue weighted by Gasteiger charge is -2.04. The quantitative estimate of drug-likeness (QED) is 0.771. The van der Waals surface area contributed by atoms with Crippen molar-refractivity contribution in [3.8, 4) is 22.0 Å². The molecule has 3 aromatic rings. The topological polar surface area (TPSA) is 61.8 Å². The fraction of sp³-hybridized carbons (Fsp3) is 0.143. The summed E-state index contributed by atoms with van der Waals surface area (Å²) >= 11 is 7.40. The van der Waals surface area contributed by atoms with Crippen LogP contribution in [0.4, 0.5) is 0 Å². The molecule has 3 rings (SSSR count). The number of thiophene rings is 1. The largest absolute Gasteiger partial charge is 0.387 e. The number of nitrogens with zero attached hydrogens (tertiary/aromatic N) is 2. The Morgan fingerprint density at radius 3 is 2.80 bits per heavy atom. The highest BCUT2D eigenvalue weighted by atomic mass is 35.5. The molecular formula is C14H12ClN3OS. The second-order valence-electron chi connectivity index (χ2n) is 4.37. The maximum absolute atomic E-state index is 9.92. The molecule has 4 nitrogen and oxygen atoms in total. The molecule has 0 amide bonds. The van der Waals surface area contributed by atoms with Crippen LogP contribution in [0.3, 0.4) is 0 Å². The average Bonchev–Trinajstić information content (AvgIpc) is 3.05. The summed E-state index contributed by atoms with van der Waals surface area (Å²) in [5.74, 6) is 0.705. The molecule has 0 spiro atoms. The van der Waals surface area contributed by atoms with Crippen molar-refractivity contribution in [1.82, 2.24) is 15.0 Å². The van der Waals surface area contributed by atoms with Crippen LogP contribution in [0.2, 0.25) is 4.34 Å². The monoisotopic (exact) mass is 305 g/mol. The highest BCUT2D eigenvalue weighted by Gasteiger charge is 2.17. The third-order valence-electron chi connectivity index (χ3n) is 2.89. The van der Waals surface area contributed by atoms with Crippen molar-refractivity contribution in [3.63, 3.8) is 0 Å². The lowest BCUT2D eigenvalue weighted by atomic mass is 10.1. The number of imidazole rings is 1. The van der Waals surface area contributed by atoms with Crippen LogP contribution in [-0.4, -0.2) is 20.1 Å². The molecule has 102 valence electrons. The molecular weight excluding hydrogens is 294 g/mol. The molecule has 3 heterocycles. The third kappa shape index (κ3) is 2.47. The van der Waals surface area contributed by atoms with Gasteiger partial charge in [0, 0.05) is 18.0 Å². The molecule has 0 bridgehead atoms. The zero-order chi connectivity index (χ0) is 14.1. The maximum atomic E-state index is 9.92. The highest BCUT2D eigenvalue weighted by molar-refractivity contribution is 7.19. The number of aliphatic hydroxyl groups excluding tert-OH is 1. The second kappa shape index (κ2) is 5.36. The van der Waals surface area contributed by atoms with Crippen LogP contribution >= 0.6 is 22.9 Å². The van der Waals surface area contributed by atoms with E-state index < -0.39 is 6.10 Å².